The maximum Gasteiger partial charge on any atom is 0.142 e. The highest BCUT2D eigenvalue weighted by atomic mass is 15.1. The molecule has 3 rings (SSSR count). The van der Waals surface area contributed by atoms with E-state index in [9.17, 15) is 0 Å². The Morgan fingerprint density at radius 3 is 2.47 bits per heavy atom. The summed E-state index contributed by atoms with van der Waals surface area (Å²) in [6.07, 6.45) is 1.68. The lowest BCUT2D eigenvalue weighted by Crippen LogP contribution is -2.21. The largest absolute Gasteiger partial charge is 0.382 e. The van der Waals surface area contributed by atoms with E-state index in [-0.39, 0.29) is 5.84 Å². The molecule has 19 heavy (non-hydrogen) atoms. The van der Waals surface area contributed by atoms with Gasteiger partial charge in [-0.05, 0) is 22.8 Å². The van der Waals surface area contributed by atoms with Gasteiger partial charge in [0.25, 0.3) is 0 Å². The topological polar surface area (TPSA) is 66.0 Å². The molecule has 1 aromatic heterocycles. The van der Waals surface area contributed by atoms with Gasteiger partial charge in [0.05, 0.1) is 0 Å². The van der Waals surface area contributed by atoms with E-state index in [4.69, 9.17) is 11.1 Å². The van der Waals surface area contributed by atoms with Gasteiger partial charge < -0.3 is 5.73 Å². The maximum absolute atomic E-state index is 7.58. The van der Waals surface area contributed by atoms with E-state index in [1.165, 1.54) is 11.1 Å². The maximum atomic E-state index is 7.58. The number of nitrogens with one attached hydrogen (secondary N) is 1. The fourth-order valence-corrected chi connectivity index (χ4v) is 2.57. The van der Waals surface area contributed by atoms with Gasteiger partial charge in [-0.15, -0.1) is 0 Å². The zero-order valence-electron chi connectivity index (χ0n) is 10.6. The lowest BCUT2D eigenvalue weighted by molar-refractivity contribution is 0.275. The monoisotopic (exact) mass is 252 g/mol. The Hall–Kier alpha value is -2.20. The molecule has 4 heteroatoms. The average Bonchev–Trinajstić information content (AvgIpc) is 2.81. The standard InChI is InChI=1S/C15H16N4/c16-15(17)14-13(6-3-7-18-14)10-19-8-11-4-1-2-5-12(11)9-19/h1-7H,8-10H2,(H3,16,17). The van der Waals surface area contributed by atoms with Crippen LogP contribution in [0.25, 0.3) is 0 Å². The van der Waals surface area contributed by atoms with Crippen molar-refractivity contribution in [1.29, 1.82) is 5.41 Å². The molecule has 3 N–H and O–H groups in total. The number of fused-ring (bicyclic) bond motifs is 1. The molecule has 96 valence electrons. The van der Waals surface area contributed by atoms with Gasteiger partial charge in [0.1, 0.15) is 11.5 Å². The minimum Gasteiger partial charge on any atom is -0.382 e. The van der Waals surface area contributed by atoms with E-state index in [1.54, 1.807) is 6.20 Å². The van der Waals surface area contributed by atoms with Gasteiger partial charge in [-0.2, -0.15) is 0 Å². The highest BCUT2D eigenvalue weighted by molar-refractivity contribution is 5.94. The van der Waals surface area contributed by atoms with Gasteiger partial charge in [-0.1, -0.05) is 30.3 Å². The van der Waals surface area contributed by atoms with Crippen molar-refractivity contribution in [1.82, 2.24) is 9.88 Å². The molecule has 0 saturated carbocycles. The van der Waals surface area contributed by atoms with Crippen molar-refractivity contribution in [2.75, 3.05) is 0 Å². The predicted octanol–water partition coefficient (Wildman–Crippen LogP) is 1.88. The van der Waals surface area contributed by atoms with E-state index in [0.29, 0.717) is 5.69 Å². The second-order valence-corrected chi connectivity index (χ2v) is 4.84. The lowest BCUT2D eigenvalue weighted by atomic mass is 10.1. The SMILES string of the molecule is N=C(N)c1ncccc1CN1Cc2ccccc2C1. The van der Waals surface area contributed by atoms with Crippen LogP contribution in [0.4, 0.5) is 0 Å². The minimum atomic E-state index is 0.0345. The number of aromatic nitrogens is 1. The molecule has 1 aliphatic heterocycles. The minimum absolute atomic E-state index is 0.0345. The van der Waals surface area contributed by atoms with Crippen LogP contribution >= 0.6 is 0 Å². The molecule has 0 saturated heterocycles. The highest BCUT2D eigenvalue weighted by Gasteiger charge is 2.19. The number of nitrogen functional groups attached to an aromatic ring is 1. The summed E-state index contributed by atoms with van der Waals surface area (Å²) < 4.78 is 0. The fraction of sp³-hybridized carbons (Fsp3) is 0.200. The van der Waals surface area contributed by atoms with E-state index >= 15 is 0 Å². The molecular formula is C15H16N4. The van der Waals surface area contributed by atoms with Crippen LogP contribution < -0.4 is 5.73 Å². The Morgan fingerprint density at radius 1 is 1.16 bits per heavy atom. The van der Waals surface area contributed by atoms with Gasteiger partial charge in [-0.25, -0.2) is 0 Å². The molecule has 0 amide bonds. The molecular weight excluding hydrogens is 236 g/mol. The van der Waals surface area contributed by atoms with Gasteiger partial charge in [0, 0.05) is 25.8 Å². The van der Waals surface area contributed by atoms with Gasteiger partial charge in [0.15, 0.2) is 0 Å². The first-order chi connectivity index (χ1) is 9.24. The summed E-state index contributed by atoms with van der Waals surface area (Å²) in [7, 11) is 0. The Morgan fingerprint density at radius 2 is 1.84 bits per heavy atom. The van der Waals surface area contributed by atoms with E-state index in [1.807, 2.05) is 12.1 Å². The fourth-order valence-electron chi connectivity index (χ4n) is 2.57. The first-order valence-corrected chi connectivity index (χ1v) is 6.31. The molecule has 0 aliphatic carbocycles. The predicted molar refractivity (Wildman–Crippen MR) is 74.6 cm³/mol. The molecule has 1 aromatic carbocycles. The van der Waals surface area contributed by atoms with Gasteiger partial charge >= 0.3 is 0 Å². The first-order valence-electron chi connectivity index (χ1n) is 6.31. The number of rotatable bonds is 3. The van der Waals surface area contributed by atoms with Crippen LogP contribution in [-0.2, 0) is 19.6 Å². The van der Waals surface area contributed by atoms with Crippen LogP contribution in [0.5, 0.6) is 0 Å². The van der Waals surface area contributed by atoms with Crippen LogP contribution in [0.2, 0.25) is 0 Å². The summed E-state index contributed by atoms with van der Waals surface area (Å²) in [6, 6.07) is 12.4. The van der Waals surface area contributed by atoms with Gasteiger partial charge in [0.2, 0.25) is 0 Å². The van der Waals surface area contributed by atoms with Crippen molar-refractivity contribution < 1.29 is 0 Å². The third-order valence-electron chi connectivity index (χ3n) is 3.45. The smallest absolute Gasteiger partial charge is 0.142 e. The number of nitrogens with two attached hydrogens (primary N) is 1. The number of nitrogens with zero attached hydrogens (tertiary/aromatic N) is 2. The van der Waals surface area contributed by atoms with Crippen LogP contribution in [0.1, 0.15) is 22.4 Å². The molecule has 0 fully saturated rings. The summed E-state index contributed by atoms with van der Waals surface area (Å²) in [5.74, 6) is 0.0345. The van der Waals surface area contributed by atoms with E-state index in [0.717, 1.165) is 25.2 Å². The summed E-state index contributed by atoms with van der Waals surface area (Å²) >= 11 is 0. The number of amidine groups is 1. The number of hydrogen-bond acceptors (Lipinski definition) is 3. The van der Waals surface area contributed by atoms with Crippen molar-refractivity contribution in [2.24, 2.45) is 5.73 Å². The number of hydrogen-bond donors (Lipinski definition) is 2. The zero-order chi connectivity index (χ0) is 13.2. The quantitative estimate of drug-likeness (QED) is 0.647. The molecule has 1 aliphatic rings. The van der Waals surface area contributed by atoms with Crippen molar-refractivity contribution in [3.63, 3.8) is 0 Å². The molecule has 2 aromatic rings. The van der Waals surface area contributed by atoms with E-state index in [2.05, 4.69) is 34.1 Å². The Kier molecular flexibility index (Phi) is 3.01. The van der Waals surface area contributed by atoms with Crippen molar-refractivity contribution in [3.05, 3.63) is 65.0 Å². The molecule has 0 spiro atoms. The third-order valence-corrected chi connectivity index (χ3v) is 3.45. The summed E-state index contributed by atoms with van der Waals surface area (Å²) in [5.41, 5.74) is 9.96. The molecule has 2 heterocycles. The normalized spacial score (nSPS) is 14.3. The molecule has 0 bridgehead atoms. The lowest BCUT2D eigenvalue weighted by Gasteiger charge is -2.16. The number of benzene rings is 1. The molecule has 0 atom stereocenters. The summed E-state index contributed by atoms with van der Waals surface area (Å²) in [6.45, 7) is 2.67. The second-order valence-electron chi connectivity index (χ2n) is 4.84. The van der Waals surface area contributed by atoms with Crippen molar-refractivity contribution in [2.45, 2.75) is 19.6 Å². The molecule has 4 nitrogen and oxygen atoms in total. The molecule has 0 radical (unpaired) electrons. The summed E-state index contributed by atoms with van der Waals surface area (Å²) in [4.78, 5) is 6.53. The van der Waals surface area contributed by atoms with Crippen molar-refractivity contribution >= 4 is 5.84 Å². The van der Waals surface area contributed by atoms with Crippen LogP contribution in [0.3, 0.4) is 0 Å². The average molecular weight is 252 g/mol. The van der Waals surface area contributed by atoms with E-state index < -0.39 is 0 Å². The van der Waals surface area contributed by atoms with Gasteiger partial charge in [-0.3, -0.25) is 15.3 Å². The summed E-state index contributed by atoms with van der Waals surface area (Å²) in [5, 5.41) is 7.58. The second kappa shape index (κ2) is 4.82. The third kappa shape index (κ3) is 2.35. The van der Waals surface area contributed by atoms with Crippen LogP contribution in [0.15, 0.2) is 42.6 Å². The van der Waals surface area contributed by atoms with Crippen LogP contribution in [0, 0.1) is 5.41 Å². The number of pyridine rings is 1. The van der Waals surface area contributed by atoms with Crippen molar-refractivity contribution in [3.8, 4) is 0 Å². The molecule has 0 unspecified atom stereocenters. The highest BCUT2D eigenvalue weighted by Crippen LogP contribution is 2.24. The Bertz CT molecular complexity index is 596. The zero-order valence-corrected chi connectivity index (χ0v) is 10.6. The first kappa shape index (κ1) is 11.9. The Balaban J connectivity index is 1.80. The van der Waals surface area contributed by atoms with Crippen LogP contribution in [-0.4, -0.2) is 15.7 Å². The Labute approximate surface area is 112 Å².